The van der Waals surface area contributed by atoms with Gasteiger partial charge in [-0.3, -0.25) is 4.79 Å². The number of anilines is 2. The largest absolute Gasteiger partial charge is 0.378 e. The molecule has 1 atom stereocenters. The molecule has 0 radical (unpaired) electrons. The predicted molar refractivity (Wildman–Crippen MR) is 139 cm³/mol. The van der Waals surface area contributed by atoms with Crippen LogP contribution in [0.4, 0.5) is 11.8 Å². The van der Waals surface area contributed by atoms with E-state index in [2.05, 4.69) is 32.0 Å². The molecule has 1 saturated carbocycles. The lowest BCUT2D eigenvalue weighted by Crippen LogP contribution is -2.50. The minimum Gasteiger partial charge on any atom is -0.378 e. The standard InChI is InChI=1S/C26H31ClN6O3/c1-15-2-5-17-6-9-21(33-23(17)22(15)27)31-19-7-3-16(4-8-19)10-28-26-29-11-18(12-30-26)24(34)25(35)32-20-13-36-14-20/h2,5-6,9,11-12,16,19-20,24,34H,3-4,7-8,10,13-14H2,1H3,(H,31,33)(H,32,35)(H,28,29,30)/t16?,19?,24-/m1/s1. The van der Waals surface area contributed by atoms with E-state index in [1.807, 2.05) is 25.1 Å². The zero-order valence-electron chi connectivity index (χ0n) is 20.2. The SMILES string of the molecule is Cc1ccc2ccc(NC3CCC(CNc4ncc([C@@H](O)C(=O)NC5COC5)cn4)CC3)nc2c1Cl. The van der Waals surface area contributed by atoms with Crippen molar-refractivity contribution in [2.75, 3.05) is 30.4 Å². The molecule has 10 heteroatoms. The molecule has 2 aliphatic rings. The van der Waals surface area contributed by atoms with Crippen molar-refractivity contribution in [1.82, 2.24) is 20.3 Å². The van der Waals surface area contributed by atoms with Gasteiger partial charge in [0.25, 0.3) is 5.91 Å². The Bertz CT molecular complexity index is 1210. The second-order valence-electron chi connectivity index (χ2n) is 9.69. The van der Waals surface area contributed by atoms with E-state index in [9.17, 15) is 9.90 Å². The molecule has 1 saturated heterocycles. The first kappa shape index (κ1) is 24.7. The van der Waals surface area contributed by atoms with Gasteiger partial charge >= 0.3 is 0 Å². The number of pyridine rings is 1. The smallest absolute Gasteiger partial charge is 0.253 e. The van der Waals surface area contributed by atoms with Crippen LogP contribution in [0.3, 0.4) is 0 Å². The molecule has 1 aliphatic carbocycles. The number of aliphatic hydroxyl groups excluding tert-OH is 1. The second-order valence-corrected chi connectivity index (χ2v) is 10.1. The van der Waals surface area contributed by atoms with Crippen LogP contribution in [0.2, 0.25) is 5.02 Å². The third-order valence-electron chi connectivity index (χ3n) is 6.96. The van der Waals surface area contributed by atoms with Gasteiger partial charge in [-0.1, -0.05) is 23.7 Å². The fourth-order valence-electron chi connectivity index (χ4n) is 4.61. The summed E-state index contributed by atoms with van der Waals surface area (Å²) in [5, 5.41) is 21.6. The Morgan fingerprint density at radius 2 is 1.83 bits per heavy atom. The highest BCUT2D eigenvalue weighted by atomic mass is 35.5. The summed E-state index contributed by atoms with van der Waals surface area (Å²) in [7, 11) is 0. The van der Waals surface area contributed by atoms with Crippen LogP contribution < -0.4 is 16.0 Å². The number of nitrogens with zero attached hydrogens (tertiary/aromatic N) is 3. The van der Waals surface area contributed by atoms with Crippen molar-refractivity contribution in [1.29, 1.82) is 0 Å². The maximum absolute atomic E-state index is 12.1. The van der Waals surface area contributed by atoms with Gasteiger partial charge < -0.3 is 25.8 Å². The number of amides is 1. The first-order valence-corrected chi connectivity index (χ1v) is 12.8. The van der Waals surface area contributed by atoms with Gasteiger partial charge in [-0.2, -0.15) is 0 Å². The minimum atomic E-state index is -1.29. The number of aliphatic hydroxyl groups is 1. The Morgan fingerprint density at radius 1 is 1.11 bits per heavy atom. The molecule has 4 N–H and O–H groups in total. The second kappa shape index (κ2) is 10.9. The Hall–Kier alpha value is -3.01. The maximum Gasteiger partial charge on any atom is 0.253 e. The topological polar surface area (TPSA) is 121 Å². The van der Waals surface area contributed by atoms with Crippen molar-refractivity contribution in [3.8, 4) is 0 Å². The molecule has 1 amide bonds. The number of carbonyl (C=O) groups is 1. The van der Waals surface area contributed by atoms with E-state index in [0.717, 1.165) is 54.5 Å². The number of carbonyl (C=O) groups excluding carboxylic acids is 1. The fourth-order valence-corrected chi connectivity index (χ4v) is 4.83. The highest BCUT2D eigenvalue weighted by Gasteiger charge is 2.26. The molecule has 1 aromatic carbocycles. The van der Waals surface area contributed by atoms with Crippen LogP contribution in [0.1, 0.15) is 42.9 Å². The summed E-state index contributed by atoms with van der Waals surface area (Å²) >= 11 is 6.47. The number of benzene rings is 1. The summed E-state index contributed by atoms with van der Waals surface area (Å²) in [4.78, 5) is 25.4. The van der Waals surface area contributed by atoms with Crippen molar-refractivity contribution in [3.05, 3.63) is 52.8 Å². The van der Waals surface area contributed by atoms with Crippen LogP contribution in [0, 0.1) is 12.8 Å². The van der Waals surface area contributed by atoms with Gasteiger partial charge in [0.15, 0.2) is 6.10 Å². The number of rotatable bonds is 8. The number of halogens is 1. The molecule has 190 valence electrons. The van der Waals surface area contributed by atoms with Gasteiger partial charge in [0.1, 0.15) is 5.82 Å². The Balaban J connectivity index is 1.07. The van der Waals surface area contributed by atoms with E-state index >= 15 is 0 Å². The van der Waals surface area contributed by atoms with E-state index in [0.29, 0.717) is 41.7 Å². The molecule has 0 spiro atoms. The Morgan fingerprint density at radius 3 is 2.53 bits per heavy atom. The lowest BCUT2D eigenvalue weighted by Gasteiger charge is -2.29. The third-order valence-corrected chi connectivity index (χ3v) is 7.44. The minimum absolute atomic E-state index is 0.0362. The number of fused-ring (bicyclic) bond motifs is 1. The molecule has 2 fully saturated rings. The number of ether oxygens (including phenoxy) is 1. The van der Waals surface area contributed by atoms with Crippen molar-refractivity contribution in [3.63, 3.8) is 0 Å². The molecule has 0 unspecified atom stereocenters. The molecular weight excluding hydrogens is 480 g/mol. The summed E-state index contributed by atoms with van der Waals surface area (Å²) in [6.45, 7) is 3.72. The number of aryl methyl sites for hydroxylation is 1. The van der Waals surface area contributed by atoms with Crippen molar-refractivity contribution < 1.29 is 14.6 Å². The van der Waals surface area contributed by atoms with Gasteiger partial charge in [-0.25, -0.2) is 15.0 Å². The number of hydrogen-bond acceptors (Lipinski definition) is 8. The molecule has 5 rings (SSSR count). The van der Waals surface area contributed by atoms with E-state index in [4.69, 9.17) is 21.3 Å². The Labute approximate surface area is 215 Å². The van der Waals surface area contributed by atoms with Gasteiger partial charge in [0.2, 0.25) is 5.95 Å². The van der Waals surface area contributed by atoms with E-state index in [1.54, 1.807) is 0 Å². The number of hydrogen-bond donors (Lipinski definition) is 4. The predicted octanol–water partition coefficient (Wildman–Crippen LogP) is 3.62. The first-order chi connectivity index (χ1) is 17.5. The summed E-state index contributed by atoms with van der Waals surface area (Å²) in [6, 6.07) is 8.49. The molecule has 9 nitrogen and oxygen atoms in total. The normalized spacial score (nSPS) is 21.0. The molecule has 1 aliphatic heterocycles. The zero-order chi connectivity index (χ0) is 25.1. The van der Waals surface area contributed by atoms with Gasteiger partial charge in [0, 0.05) is 35.9 Å². The number of aromatic nitrogens is 3. The van der Waals surface area contributed by atoms with Gasteiger partial charge in [0.05, 0.1) is 29.8 Å². The van der Waals surface area contributed by atoms with Crippen molar-refractivity contribution in [2.45, 2.75) is 50.8 Å². The van der Waals surface area contributed by atoms with Crippen LogP contribution in [-0.4, -0.2) is 57.8 Å². The monoisotopic (exact) mass is 510 g/mol. The van der Waals surface area contributed by atoms with E-state index in [-0.39, 0.29) is 6.04 Å². The molecule has 3 aromatic rings. The highest BCUT2D eigenvalue weighted by Crippen LogP contribution is 2.29. The van der Waals surface area contributed by atoms with Crippen molar-refractivity contribution >= 4 is 40.2 Å². The molecular formula is C26H31ClN6O3. The maximum atomic E-state index is 12.1. The fraction of sp³-hybridized carbons (Fsp3) is 0.462. The average molecular weight is 511 g/mol. The third kappa shape index (κ3) is 5.69. The lowest BCUT2D eigenvalue weighted by molar-refractivity contribution is -0.133. The van der Waals surface area contributed by atoms with Gasteiger partial charge in [-0.15, -0.1) is 0 Å². The Kier molecular flexibility index (Phi) is 7.50. The van der Waals surface area contributed by atoms with Crippen LogP contribution in [0.15, 0.2) is 36.7 Å². The van der Waals surface area contributed by atoms with Crippen molar-refractivity contribution in [2.24, 2.45) is 5.92 Å². The van der Waals surface area contributed by atoms with Crippen LogP contribution in [-0.2, 0) is 9.53 Å². The molecule has 0 bridgehead atoms. The van der Waals surface area contributed by atoms with Crippen LogP contribution in [0.25, 0.3) is 10.9 Å². The summed E-state index contributed by atoms with van der Waals surface area (Å²) < 4.78 is 5.03. The molecule has 3 heterocycles. The number of nitrogens with one attached hydrogen (secondary N) is 3. The summed E-state index contributed by atoms with van der Waals surface area (Å²) in [6.07, 6.45) is 5.96. The van der Waals surface area contributed by atoms with Gasteiger partial charge in [-0.05, 0) is 56.2 Å². The van der Waals surface area contributed by atoms with Crippen LogP contribution in [0.5, 0.6) is 0 Å². The molecule has 2 aromatic heterocycles. The zero-order valence-corrected chi connectivity index (χ0v) is 21.0. The summed E-state index contributed by atoms with van der Waals surface area (Å²) in [5.74, 6) is 1.41. The summed E-state index contributed by atoms with van der Waals surface area (Å²) in [5.41, 5.74) is 2.23. The quantitative estimate of drug-likeness (QED) is 0.362. The first-order valence-electron chi connectivity index (χ1n) is 12.4. The average Bonchev–Trinajstić information content (AvgIpc) is 2.88. The lowest BCUT2D eigenvalue weighted by atomic mass is 9.86. The van der Waals surface area contributed by atoms with E-state index < -0.39 is 12.0 Å². The van der Waals surface area contributed by atoms with Crippen LogP contribution >= 0.6 is 11.6 Å². The highest BCUT2D eigenvalue weighted by molar-refractivity contribution is 6.35. The molecule has 36 heavy (non-hydrogen) atoms. The van der Waals surface area contributed by atoms with E-state index in [1.165, 1.54) is 12.4 Å².